The van der Waals surface area contributed by atoms with Crippen LogP contribution in [0, 0.1) is 24.6 Å². The van der Waals surface area contributed by atoms with E-state index in [1.54, 1.807) is 0 Å². The van der Waals surface area contributed by atoms with Gasteiger partial charge < -0.3 is 5.11 Å². The molecule has 108 valence electrons. The summed E-state index contributed by atoms with van der Waals surface area (Å²) in [5.41, 5.74) is 4.41. The molecule has 0 spiro atoms. The molecular weight excluding hydrogens is 263 g/mol. The quantitative estimate of drug-likeness (QED) is 0.877. The molecule has 0 aliphatic heterocycles. The molecule has 1 N–H and O–H groups in total. The normalized spacial score (nSPS) is 27.7. The Labute approximate surface area is 124 Å². The minimum atomic E-state index is -0.555. The molecule has 4 atom stereocenters. The third-order valence-electron chi connectivity index (χ3n) is 5.16. The second kappa shape index (κ2) is 4.67. The van der Waals surface area contributed by atoms with Gasteiger partial charge in [0.15, 0.2) is 0 Å². The van der Waals surface area contributed by atoms with Crippen molar-refractivity contribution >= 4 is 0 Å². The summed E-state index contributed by atoms with van der Waals surface area (Å²) < 4.78 is 13.6. The predicted octanol–water partition coefficient (Wildman–Crippen LogP) is 4.14. The molecule has 21 heavy (non-hydrogen) atoms. The molecule has 0 bridgehead atoms. The van der Waals surface area contributed by atoms with Crippen LogP contribution in [0.3, 0.4) is 0 Å². The summed E-state index contributed by atoms with van der Waals surface area (Å²) >= 11 is 0. The number of rotatable bonds is 2. The molecular formula is C19H19FO. The molecule has 1 nitrogen and oxygen atoms in total. The van der Waals surface area contributed by atoms with E-state index < -0.39 is 6.10 Å². The van der Waals surface area contributed by atoms with Gasteiger partial charge in [-0.15, -0.1) is 0 Å². The zero-order chi connectivity index (χ0) is 14.6. The Bertz CT molecular complexity index is 673. The molecule has 2 heteroatoms. The summed E-state index contributed by atoms with van der Waals surface area (Å²) in [5.74, 6) is 0.995. The van der Waals surface area contributed by atoms with E-state index in [0.29, 0.717) is 11.8 Å². The van der Waals surface area contributed by atoms with E-state index in [-0.39, 0.29) is 11.7 Å². The van der Waals surface area contributed by atoms with E-state index in [1.807, 2.05) is 13.0 Å². The Morgan fingerprint density at radius 1 is 1.19 bits per heavy atom. The Balaban J connectivity index is 1.65. The monoisotopic (exact) mass is 282 g/mol. The lowest BCUT2D eigenvalue weighted by Crippen LogP contribution is -2.03. The molecule has 4 unspecified atom stereocenters. The third kappa shape index (κ3) is 2.09. The Morgan fingerprint density at radius 2 is 2.00 bits per heavy atom. The molecule has 2 aliphatic carbocycles. The van der Waals surface area contributed by atoms with Gasteiger partial charge in [0.25, 0.3) is 0 Å². The number of fused-ring (bicyclic) bond motifs is 3. The van der Waals surface area contributed by atoms with Crippen LogP contribution in [0.4, 0.5) is 4.39 Å². The molecule has 4 rings (SSSR count). The van der Waals surface area contributed by atoms with Crippen molar-refractivity contribution in [1.29, 1.82) is 0 Å². The highest BCUT2D eigenvalue weighted by molar-refractivity contribution is 5.41. The standard InChI is InChI=1S/C19H19FO/c1-11-8-13(10-14(20)9-11)19(21)18-16-7-6-12-4-2-3-5-15(12)17(16)18/h2-5,8-10,16-19,21H,6-7H2,1H3. The summed E-state index contributed by atoms with van der Waals surface area (Å²) in [4.78, 5) is 0. The van der Waals surface area contributed by atoms with Crippen LogP contribution in [-0.2, 0) is 6.42 Å². The highest BCUT2D eigenvalue weighted by Gasteiger charge is 2.56. The van der Waals surface area contributed by atoms with Crippen molar-refractivity contribution < 1.29 is 9.50 Å². The fourth-order valence-electron chi connectivity index (χ4n) is 4.21. The van der Waals surface area contributed by atoms with Gasteiger partial charge in [0.2, 0.25) is 0 Å². The first-order valence-electron chi connectivity index (χ1n) is 7.68. The molecule has 2 aromatic carbocycles. The van der Waals surface area contributed by atoms with Crippen LogP contribution in [0.15, 0.2) is 42.5 Å². The maximum absolute atomic E-state index is 13.6. The minimum Gasteiger partial charge on any atom is -0.388 e. The van der Waals surface area contributed by atoms with E-state index in [0.717, 1.165) is 24.0 Å². The van der Waals surface area contributed by atoms with Crippen LogP contribution in [0.1, 0.15) is 40.7 Å². The van der Waals surface area contributed by atoms with Crippen LogP contribution in [0.5, 0.6) is 0 Å². The molecule has 0 amide bonds. The van der Waals surface area contributed by atoms with Gasteiger partial charge in [-0.3, -0.25) is 0 Å². The van der Waals surface area contributed by atoms with E-state index in [2.05, 4.69) is 24.3 Å². The molecule has 2 aliphatic rings. The minimum absolute atomic E-state index is 0.245. The zero-order valence-corrected chi connectivity index (χ0v) is 12.1. The highest BCUT2D eigenvalue weighted by Crippen LogP contribution is 2.64. The second-order valence-corrected chi connectivity index (χ2v) is 6.51. The van der Waals surface area contributed by atoms with Crippen LogP contribution in [-0.4, -0.2) is 5.11 Å². The number of hydrogen-bond acceptors (Lipinski definition) is 1. The maximum Gasteiger partial charge on any atom is 0.123 e. The van der Waals surface area contributed by atoms with Gasteiger partial charge >= 0.3 is 0 Å². The summed E-state index contributed by atoms with van der Waals surface area (Å²) in [5, 5.41) is 10.7. The van der Waals surface area contributed by atoms with Gasteiger partial charge in [-0.1, -0.05) is 30.3 Å². The fraction of sp³-hybridized carbons (Fsp3) is 0.368. The predicted molar refractivity (Wildman–Crippen MR) is 80.6 cm³/mol. The zero-order valence-electron chi connectivity index (χ0n) is 12.1. The Morgan fingerprint density at radius 3 is 2.81 bits per heavy atom. The van der Waals surface area contributed by atoms with E-state index in [4.69, 9.17) is 0 Å². The van der Waals surface area contributed by atoms with Crippen molar-refractivity contribution in [3.8, 4) is 0 Å². The first-order chi connectivity index (χ1) is 10.1. The number of aryl methyl sites for hydroxylation is 2. The van der Waals surface area contributed by atoms with Gasteiger partial charge in [0.05, 0.1) is 6.10 Å². The summed E-state index contributed by atoms with van der Waals surface area (Å²) in [6, 6.07) is 13.4. The maximum atomic E-state index is 13.6. The number of halogens is 1. The average molecular weight is 282 g/mol. The second-order valence-electron chi connectivity index (χ2n) is 6.51. The lowest BCUT2D eigenvalue weighted by atomic mass is 9.92. The number of hydrogen-bond donors (Lipinski definition) is 1. The van der Waals surface area contributed by atoms with Gasteiger partial charge in [-0.25, -0.2) is 4.39 Å². The summed E-state index contributed by atoms with van der Waals surface area (Å²) in [6.45, 7) is 1.87. The lowest BCUT2D eigenvalue weighted by Gasteiger charge is -2.13. The molecule has 1 saturated carbocycles. The van der Waals surface area contributed by atoms with Crippen LogP contribution >= 0.6 is 0 Å². The molecule has 0 heterocycles. The molecule has 0 saturated heterocycles. The SMILES string of the molecule is Cc1cc(F)cc(C(O)C2C3CCc4ccccc4C32)c1. The smallest absolute Gasteiger partial charge is 0.123 e. The van der Waals surface area contributed by atoms with Crippen molar-refractivity contribution in [2.45, 2.75) is 31.8 Å². The van der Waals surface area contributed by atoms with E-state index in [9.17, 15) is 9.50 Å². The van der Waals surface area contributed by atoms with Gasteiger partial charge in [-0.05, 0) is 71.9 Å². The van der Waals surface area contributed by atoms with Crippen LogP contribution in [0.25, 0.3) is 0 Å². The van der Waals surface area contributed by atoms with E-state index in [1.165, 1.54) is 23.3 Å². The number of benzene rings is 2. The number of aliphatic hydroxyl groups is 1. The third-order valence-corrected chi connectivity index (χ3v) is 5.16. The Kier molecular flexibility index (Phi) is 2.90. The number of aliphatic hydroxyl groups excluding tert-OH is 1. The van der Waals surface area contributed by atoms with Crippen molar-refractivity contribution in [1.82, 2.24) is 0 Å². The highest BCUT2D eigenvalue weighted by atomic mass is 19.1. The van der Waals surface area contributed by atoms with Crippen molar-refractivity contribution in [3.63, 3.8) is 0 Å². The summed E-state index contributed by atoms with van der Waals surface area (Å²) in [6.07, 6.45) is 1.68. The van der Waals surface area contributed by atoms with Gasteiger partial charge in [-0.2, -0.15) is 0 Å². The van der Waals surface area contributed by atoms with E-state index >= 15 is 0 Å². The molecule has 0 aromatic heterocycles. The van der Waals surface area contributed by atoms with Crippen LogP contribution < -0.4 is 0 Å². The topological polar surface area (TPSA) is 20.2 Å². The van der Waals surface area contributed by atoms with Crippen molar-refractivity contribution in [2.75, 3.05) is 0 Å². The summed E-state index contributed by atoms with van der Waals surface area (Å²) in [7, 11) is 0. The molecule has 0 radical (unpaired) electrons. The average Bonchev–Trinajstić information content (AvgIpc) is 3.20. The fourth-order valence-corrected chi connectivity index (χ4v) is 4.21. The Hall–Kier alpha value is -1.67. The molecule has 1 fully saturated rings. The largest absolute Gasteiger partial charge is 0.388 e. The van der Waals surface area contributed by atoms with Crippen LogP contribution in [0.2, 0.25) is 0 Å². The van der Waals surface area contributed by atoms with Crippen molar-refractivity contribution in [2.24, 2.45) is 11.8 Å². The first kappa shape index (κ1) is 13.0. The van der Waals surface area contributed by atoms with Gasteiger partial charge in [0.1, 0.15) is 5.82 Å². The van der Waals surface area contributed by atoms with Gasteiger partial charge in [0, 0.05) is 0 Å². The van der Waals surface area contributed by atoms with Crippen molar-refractivity contribution in [3.05, 3.63) is 70.5 Å². The first-order valence-corrected chi connectivity index (χ1v) is 7.68. The molecule has 2 aromatic rings. The lowest BCUT2D eigenvalue weighted by molar-refractivity contribution is 0.144.